The van der Waals surface area contributed by atoms with Gasteiger partial charge in [0.1, 0.15) is 6.04 Å². The SMILES string of the molecule is CC(C)c1cccc(C(C)C)c1NC(=O)[C@H](NC(=O)c1cccs1)C(C)C. The van der Waals surface area contributed by atoms with Gasteiger partial charge >= 0.3 is 0 Å². The highest BCUT2D eigenvalue weighted by molar-refractivity contribution is 7.12. The van der Waals surface area contributed by atoms with Crippen LogP contribution in [0.3, 0.4) is 0 Å². The molecule has 27 heavy (non-hydrogen) atoms. The first-order chi connectivity index (χ1) is 12.7. The van der Waals surface area contributed by atoms with Crippen molar-refractivity contribution < 1.29 is 9.59 Å². The van der Waals surface area contributed by atoms with Crippen LogP contribution in [0, 0.1) is 5.92 Å². The summed E-state index contributed by atoms with van der Waals surface area (Å²) >= 11 is 1.37. The molecule has 2 rings (SSSR count). The lowest BCUT2D eigenvalue weighted by molar-refractivity contribution is -0.118. The van der Waals surface area contributed by atoms with Crippen molar-refractivity contribution >= 4 is 28.8 Å². The molecule has 146 valence electrons. The monoisotopic (exact) mass is 386 g/mol. The lowest BCUT2D eigenvalue weighted by Gasteiger charge is -2.25. The van der Waals surface area contributed by atoms with Gasteiger partial charge in [-0.25, -0.2) is 0 Å². The first kappa shape index (κ1) is 21.2. The summed E-state index contributed by atoms with van der Waals surface area (Å²) in [5, 5.41) is 7.87. The van der Waals surface area contributed by atoms with E-state index in [1.54, 1.807) is 6.07 Å². The van der Waals surface area contributed by atoms with Crippen LogP contribution < -0.4 is 10.6 Å². The Morgan fingerprint density at radius 3 is 1.93 bits per heavy atom. The first-order valence-electron chi connectivity index (χ1n) is 9.50. The highest BCUT2D eigenvalue weighted by Crippen LogP contribution is 2.32. The Bertz CT molecular complexity index is 753. The quantitative estimate of drug-likeness (QED) is 0.670. The van der Waals surface area contributed by atoms with Crippen LogP contribution in [0.4, 0.5) is 5.69 Å². The van der Waals surface area contributed by atoms with Crippen molar-refractivity contribution in [2.45, 2.75) is 59.4 Å². The van der Waals surface area contributed by atoms with Gasteiger partial charge in [-0.15, -0.1) is 11.3 Å². The fourth-order valence-electron chi connectivity index (χ4n) is 3.05. The fraction of sp³-hybridized carbons (Fsp3) is 0.455. The Morgan fingerprint density at radius 2 is 1.48 bits per heavy atom. The second-order valence-corrected chi connectivity index (χ2v) is 8.73. The zero-order chi connectivity index (χ0) is 20.1. The number of hydrogen-bond donors (Lipinski definition) is 2. The average Bonchev–Trinajstić information content (AvgIpc) is 3.13. The highest BCUT2D eigenvalue weighted by Gasteiger charge is 2.27. The molecule has 0 fully saturated rings. The van der Waals surface area contributed by atoms with Gasteiger partial charge in [0, 0.05) is 5.69 Å². The zero-order valence-electron chi connectivity index (χ0n) is 17.0. The number of rotatable bonds is 7. The van der Waals surface area contributed by atoms with E-state index in [0.29, 0.717) is 4.88 Å². The minimum absolute atomic E-state index is 0.0253. The number of carbonyl (C=O) groups excluding carboxylic acids is 2. The molecule has 0 aliphatic rings. The van der Waals surface area contributed by atoms with Gasteiger partial charge in [-0.3, -0.25) is 9.59 Å². The van der Waals surface area contributed by atoms with Gasteiger partial charge in [-0.2, -0.15) is 0 Å². The minimum Gasteiger partial charge on any atom is -0.339 e. The lowest BCUT2D eigenvalue weighted by atomic mass is 9.92. The maximum Gasteiger partial charge on any atom is 0.262 e. The summed E-state index contributed by atoms with van der Waals surface area (Å²) in [6.07, 6.45) is 0. The molecule has 0 aliphatic carbocycles. The number of carbonyl (C=O) groups is 2. The second kappa shape index (κ2) is 9.18. The number of hydrogen-bond acceptors (Lipinski definition) is 3. The Hall–Kier alpha value is -2.14. The third-order valence-corrected chi connectivity index (χ3v) is 5.47. The van der Waals surface area contributed by atoms with Crippen LogP contribution in [-0.2, 0) is 4.79 Å². The summed E-state index contributed by atoms with van der Waals surface area (Å²) in [7, 11) is 0. The molecular formula is C22H30N2O2S. The maximum atomic E-state index is 13.1. The lowest BCUT2D eigenvalue weighted by Crippen LogP contribution is -2.47. The minimum atomic E-state index is -0.597. The number of thiophene rings is 1. The van der Waals surface area contributed by atoms with Crippen molar-refractivity contribution in [2.75, 3.05) is 5.32 Å². The van der Waals surface area contributed by atoms with Crippen LogP contribution in [0.2, 0.25) is 0 Å². The molecule has 2 N–H and O–H groups in total. The van der Waals surface area contributed by atoms with E-state index in [1.807, 2.05) is 31.4 Å². The van der Waals surface area contributed by atoms with E-state index < -0.39 is 6.04 Å². The normalized spacial score (nSPS) is 12.5. The van der Waals surface area contributed by atoms with E-state index in [9.17, 15) is 9.59 Å². The molecule has 5 heteroatoms. The van der Waals surface area contributed by atoms with Crippen LogP contribution in [0.15, 0.2) is 35.7 Å². The summed E-state index contributed by atoms with van der Waals surface area (Å²) in [5.41, 5.74) is 3.10. The van der Waals surface area contributed by atoms with Crippen LogP contribution in [-0.4, -0.2) is 17.9 Å². The molecule has 0 aliphatic heterocycles. The molecule has 0 radical (unpaired) electrons. The smallest absolute Gasteiger partial charge is 0.262 e. The van der Waals surface area contributed by atoms with Gasteiger partial charge in [-0.1, -0.05) is 65.8 Å². The highest BCUT2D eigenvalue weighted by atomic mass is 32.1. The van der Waals surface area contributed by atoms with Crippen molar-refractivity contribution in [3.05, 3.63) is 51.7 Å². The molecule has 1 atom stereocenters. The third-order valence-electron chi connectivity index (χ3n) is 4.60. The molecule has 1 aromatic carbocycles. The first-order valence-corrected chi connectivity index (χ1v) is 10.4. The largest absolute Gasteiger partial charge is 0.339 e. The maximum absolute atomic E-state index is 13.1. The van der Waals surface area contributed by atoms with E-state index >= 15 is 0 Å². The molecule has 4 nitrogen and oxygen atoms in total. The molecular weight excluding hydrogens is 356 g/mol. The summed E-state index contributed by atoms with van der Waals surface area (Å²) in [4.78, 5) is 26.1. The van der Waals surface area contributed by atoms with Gasteiger partial charge < -0.3 is 10.6 Å². The predicted molar refractivity (Wildman–Crippen MR) is 114 cm³/mol. The summed E-state index contributed by atoms with van der Waals surface area (Å²) in [5.74, 6) is 0.169. The van der Waals surface area contributed by atoms with Crippen molar-refractivity contribution in [2.24, 2.45) is 5.92 Å². The molecule has 0 spiro atoms. The number of anilines is 1. The molecule has 0 saturated carbocycles. The average molecular weight is 387 g/mol. The summed E-state index contributed by atoms with van der Waals surface area (Å²) < 4.78 is 0. The van der Waals surface area contributed by atoms with Crippen molar-refractivity contribution in [1.29, 1.82) is 0 Å². The molecule has 2 aromatic rings. The number of para-hydroxylation sites is 1. The fourth-order valence-corrected chi connectivity index (χ4v) is 3.68. The number of nitrogens with one attached hydrogen (secondary N) is 2. The van der Waals surface area contributed by atoms with Crippen molar-refractivity contribution in [3.63, 3.8) is 0 Å². The Balaban J connectivity index is 2.29. The van der Waals surface area contributed by atoms with Gasteiger partial charge in [0.2, 0.25) is 5.91 Å². The molecule has 0 saturated heterocycles. The Kier molecular flexibility index (Phi) is 7.19. The van der Waals surface area contributed by atoms with Gasteiger partial charge in [-0.05, 0) is 40.3 Å². The van der Waals surface area contributed by atoms with E-state index in [4.69, 9.17) is 0 Å². The number of amides is 2. The van der Waals surface area contributed by atoms with Crippen LogP contribution in [0.25, 0.3) is 0 Å². The van der Waals surface area contributed by atoms with E-state index in [0.717, 1.165) is 16.8 Å². The molecule has 0 unspecified atom stereocenters. The zero-order valence-corrected chi connectivity index (χ0v) is 17.8. The summed E-state index contributed by atoms with van der Waals surface area (Å²) in [6, 6.07) is 9.15. The third kappa shape index (κ3) is 5.19. The van der Waals surface area contributed by atoms with Gasteiger partial charge in [0.15, 0.2) is 0 Å². The van der Waals surface area contributed by atoms with Crippen molar-refractivity contribution in [3.8, 4) is 0 Å². The molecule has 0 bridgehead atoms. The molecule has 1 aromatic heterocycles. The van der Waals surface area contributed by atoms with E-state index in [-0.39, 0.29) is 29.6 Å². The van der Waals surface area contributed by atoms with Crippen LogP contribution in [0.5, 0.6) is 0 Å². The Morgan fingerprint density at radius 1 is 0.889 bits per heavy atom. The summed E-state index contributed by atoms with van der Waals surface area (Å²) in [6.45, 7) is 12.4. The van der Waals surface area contributed by atoms with E-state index in [1.165, 1.54) is 11.3 Å². The standard InChI is InChI=1S/C22H30N2O2S/c1-13(2)16-9-7-10-17(14(3)4)20(16)24-22(26)19(15(5)6)23-21(25)18-11-8-12-27-18/h7-15,19H,1-6H3,(H,23,25)(H,24,26)/t19-/m1/s1. The van der Waals surface area contributed by atoms with Gasteiger partial charge in [0.05, 0.1) is 4.88 Å². The second-order valence-electron chi connectivity index (χ2n) is 7.78. The topological polar surface area (TPSA) is 58.2 Å². The van der Waals surface area contributed by atoms with E-state index in [2.05, 4.69) is 50.5 Å². The van der Waals surface area contributed by atoms with Crippen LogP contribution >= 0.6 is 11.3 Å². The van der Waals surface area contributed by atoms with Crippen molar-refractivity contribution in [1.82, 2.24) is 5.32 Å². The molecule has 2 amide bonds. The number of benzene rings is 1. The van der Waals surface area contributed by atoms with Gasteiger partial charge in [0.25, 0.3) is 5.91 Å². The van der Waals surface area contributed by atoms with Crippen LogP contribution in [0.1, 0.15) is 74.2 Å². The predicted octanol–water partition coefficient (Wildman–Crippen LogP) is 5.39. The molecule has 1 heterocycles. The Labute approximate surface area is 166 Å².